The van der Waals surface area contributed by atoms with Crippen molar-refractivity contribution in [2.45, 2.75) is 36.6 Å². The third-order valence-electron chi connectivity index (χ3n) is 6.64. The van der Waals surface area contributed by atoms with E-state index in [0.29, 0.717) is 30.2 Å². The van der Waals surface area contributed by atoms with Gasteiger partial charge in [-0.15, -0.1) is 0 Å². The summed E-state index contributed by atoms with van der Waals surface area (Å²) in [5, 5.41) is 2.15. The maximum atomic E-state index is 13.1. The predicted octanol–water partition coefficient (Wildman–Crippen LogP) is 5.65. The fraction of sp³-hybridized carbons (Fsp3) is 0.296. The number of nitrogens with one attached hydrogen (secondary N) is 2. The lowest BCUT2D eigenvalue weighted by molar-refractivity contribution is -0.137. The predicted molar refractivity (Wildman–Crippen MR) is 150 cm³/mol. The van der Waals surface area contributed by atoms with Crippen molar-refractivity contribution in [2.75, 3.05) is 23.1 Å². The van der Waals surface area contributed by atoms with E-state index in [2.05, 4.69) is 10.0 Å². The van der Waals surface area contributed by atoms with Gasteiger partial charge in [-0.2, -0.15) is 13.2 Å². The van der Waals surface area contributed by atoms with Crippen molar-refractivity contribution in [1.82, 2.24) is 4.31 Å². The van der Waals surface area contributed by atoms with Crippen LogP contribution in [0.25, 0.3) is 0 Å². The minimum atomic E-state index is -4.76. The molecular formula is C27H27ClF3N3O5S2. The van der Waals surface area contributed by atoms with E-state index in [1.54, 1.807) is 12.1 Å². The molecule has 0 aromatic heterocycles. The van der Waals surface area contributed by atoms with Crippen LogP contribution in [0, 0.1) is 12.8 Å². The van der Waals surface area contributed by atoms with Crippen LogP contribution in [0.15, 0.2) is 71.6 Å². The van der Waals surface area contributed by atoms with Gasteiger partial charge < -0.3 is 5.32 Å². The van der Waals surface area contributed by atoms with E-state index in [1.165, 1.54) is 28.6 Å². The summed E-state index contributed by atoms with van der Waals surface area (Å²) >= 11 is 5.58. The average molecular weight is 630 g/mol. The van der Waals surface area contributed by atoms with Crippen LogP contribution in [0.3, 0.4) is 0 Å². The molecule has 14 heteroatoms. The Hall–Kier alpha value is -3.13. The number of hydrogen-bond donors (Lipinski definition) is 2. The Morgan fingerprint density at radius 2 is 1.51 bits per heavy atom. The van der Waals surface area contributed by atoms with Crippen molar-refractivity contribution in [3.05, 3.63) is 88.4 Å². The second-order valence-electron chi connectivity index (χ2n) is 9.73. The molecule has 1 heterocycles. The number of aryl methyl sites for hydroxylation is 1. The van der Waals surface area contributed by atoms with Crippen LogP contribution in [-0.2, 0) is 36.8 Å². The number of benzene rings is 3. The normalized spacial score (nSPS) is 15.4. The summed E-state index contributed by atoms with van der Waals surface area (Å²) in [5.41, 5.74) is 0.551. The zero-order valence-electron chi connectivity index (χ0n) is 21.8. The SMILES string of the molecule is Cc1ccc(CS(=O)(=O)N2CCC(C(=O)Nc3ccc(S(=O)(=O)Nc4ccc(Cl)c(C(F)(F)F)c4)cc3)CC2)cc1. The molecule has 0 atom stereocenters. The van der Waals surface area contributed by atoms with Crippen molar-refractivity contribution in [1.29, 1.82) is 0 Å². The highest BCUT2D eigenvalue weighted by Gasteiger charge is 2.34. The van der Waals surface area contributed by atoms with Gasteiger partial charge in [0.15, 0.2) is 0 Å². The Morgan fingerprint density at radius 1 is 0.927 bits per heavy atom. The standard InChI is InChI=1S/C27H27ClF3N3O5S2/c1-18-2-4-19(5-3-18)17-40(36,37)34-14-12-20(13-15-34)26(35)32-21-6-9-23(10-7-21)41(38,39)33-22-8-11-25(28)24(16-22)27(29,30)31/h2-11,16,20,33H,12-15,17H2,1H3,(H,32,35). The van der Waals surface area contributed by atoms with Crippen LogP contribution in [0.1, 0.15) is 29.5 Å². The average Bonchev–Trinajstić information content (AvgIpc) is 2.90. The largest absolute Gasteiger partial charge is 0.417 e. The van der Waals surface area contributed by atoms with Gasteiger partial charge in [0.2, 0.25) is 15.9 Å². The Balaban J connectivity index is 1.33. The fourth-order valence-corrected chi connectivity index (χ4v) is 7.20. The van der Waals surface area contributed by atoms with Gasteiger partial charge in [-0.1, -0.05) is 41.4 Å². The van der Waals surface area contributed by atoms with Crippen LogP contribution < -0.4 is 10.0 Å². The quantitative estimate of drug-likeness (QED) is 0.335. The first-order valence-corrected chi connectivity index (χ1v) is 15.9. The van der Waals surface area contributed by atoms with Crippen molar-refractivity contribution in [3.63, 3.8) is 0 Å². The minimum absolute atomic E-state index is 0.115. The zero-order chi connectivity index (χ0) is 30.0. The molecule has 0 radical (unpaired) electrons. The summed E-state index contributed by atoms with van der Waals surface area (Å²) < 4.78 is 93.9. The Bertz CT molecular complexity index is 1620. The molecule has 3 aromatic carbocycles. The number of rotatable bonds is 8. The number of anilines is 2. The van der Waals surface area contributed by atoms with Crippen molar-refractivity contribution >= 4 is 48.9 Å². The zero-order valence-corrected chi connectivity index (χ0v) is 24.2. The molecular weight excluding hydrogens is 603 g/mol. The van der Waals surface area contributed by atoms with Gasteiger partial charge in [0.25, 0.3) is 10.0 Å². The second kappa shape index (κ2) is 12.0. The topological polar surface area (TPSA) is 113 Å². The molecule has 2 N–H and O–H groups in total. The van der Waals surface area contributed by atoms with E-state index < -0.39 is 42.7 Å². The van der Waals surface area contributed by atoms with Gasteiger partial charge in [-0.25, -0.2) is 21.1 Å². The lowest BCUT2D eigenvalue weighted by Crippen LogP contribution is -2.41. The number of hydrogen-bond acceptors (Lipinski definition) is 5. The first kappa shape index (κ1) is 30.8. The number of halogens is 4. The van der Waals surface area contributed by atoms with E-state index in [1.807, 2.05) is 19.1 Å². The molecule has 1 fully saturated rings. The maximum absolute atomic E-state index is 13.1. The highest BCUT2D eigenvalue weighted by atomic mass is 35.5. The number of carbonyl (C=O) groups excluding carboxylic acids is 1. The molecule has 1 aliphatic heterocycles. The van der Waals surface area contributed by atoms with E-state index in [9.17, 15) is 34.8 Å². The summed E-state index contributed by atoms with van der Waals surface area (Å²) in [6, 6.07) is 15.1. The monoisotopic (exact) mass is 629 g/mol. The third kappa shape index (κ3) is 7.79. The van der Waals surface area contributed by atoms with Crippen molar-refractivity contribution in [2.24, 2.45) is 5.92 Å². The molecule has 4 rings (SSSR count). The Kier molecular flexibility index (Phi) is 9.02. The molecule has 0 spiro atoms. The van der Waals surface area contributed by atoms with Gasteiger partial charge in [-0.3, -0.25) is 9.52 Å². The molecule has 8 nitrogen and oxygen atoms in total. The lowest BCUT2D eigenvalue weighted by Gasteiger charge is -2.30. The highest BCUT2D eigenvalue weighted by Crippen LogP contribution is 2.36. The molecule has 0 aliphatic carbocycles. The van der Waals surface area contributed by atoms with Crippen LogP contribution >= 0.6 is 11.6 Å². The number of piperidine rings is 1. The van der Waals surface area contributed by atoms with E-state index in [0.717, 1.165) is 17.7 Å². The molecule has 220 valence electrons. The summed E-state index contributed by atoms with van der Waals surface area (Å²) in [7, 11) is -7.77. The molecule has 3 aromatic rings. The lowest BCUT2D eigenvalue weighted by atomic mass is 9.97. The first-order chi connectivity index (χ1) is 19.1. The number of alkyl halides is 3. The van der Waals surface area contributed by atoms with Gasteiger partial charge in [0.1, 0.15) is 0 Å². The summed E-state index contributed by atoms with van der Waals surface area (Å²) in [6.45, 7) is 2.33. The van der Waals surface area contributed by atoms with Crippen LogP contribution in [0.2, 0.25) is 5.02 Å². The molecule has 41 heavy (non-hydrogen) atoms. The van der Waals surface area contributed by atoms with E-state index in [4.69, 9.17) is 11.6 Å². The second-order valence-corrected chi connectivity index (χ2v) is 13.8. The molecule has 1 amide bonds. The maximum Gasteiger partial charge on any atom is 0.417 e. The smallest absolute Gasteiger partial charge is 0.326 e. The Morgan fingerprint density at radius 3 is 2.10 bits per heavy atom. The van der Waals surface area contributed by atoms with E-state index in [-0.39, 0.29) is 35.3 Å². The van der Waals surface area contributed by atoms with Crippen LogP contribution in [0.5, 0.6) is 0 Å². The molecule has 0 saturated carbocycles. The first-order valence-electron chi connectivity index (χ1n) is 12.5. The molecule has 0 bridgehead atoms. The van der Waals surface area contributed by atoms with Gasteiger partial charge in [0, 0.05) is 30.4 Å². The number of nitrogens with zero attached hydrogens (tertiary/aromatic N) is 1. The highest BCUT2D eigenvalue weighted by molar-refractivity contribution is 7.92. The fourth-order valence-electron chi connectivity index (χ4n) is 4.36. The van der Waals surface area contributed by atoms with Gasteiger partial charge in [-0.05, 0) is 67.8 Å². The number of carbonyl (C=O) groups is 1. The number of amides is 1. The minimum Gasteiger partial charge on any atom is -0.326 e. The molecule has 0 unspecified atom stereocenters. The summed E-state index contributed by atoms with van der Waals surface area (Å²) in [5.74, 6) is -0.871. The van der Waals surface area contributed by atoms with Crippen molar-refractivity contribution in [3.8, 4) is 0 Å². The molecule has 1 aliphatic rings. The van der Waals surface area contributed by atoms with Crippen LogP contribution in [-0.4, -0.2) is 40.1 Å². The van der Waals surface area contributed by atoms with Crippen molar-refractivity contribution < 1.29 is 34.8 Å². The summed E-state index contributed by atoms with van der Waals surface area (Å²) in [4.78, 5) is 12.6. The van der Waals surface area contributed by atoms with E-state index >= 15 is 0 Å². The molecule has 1 saturated heterocycles. The van der Waals surface area contributed by atoms with Crippen LogP contribution in [0.4, 0.5) is 24.5 Å². The van der Waals surface area contributed by atoms with Gasteiger partial charge in [0.05, 0.1) is 21.2 Å². The summed E-state index contributed by atoms with van der Waals surface area (Å²) in [6.07, 6.45) is -4.10. The third-order valence-corrected chi connectivity index (χ3v) is 10.2. The Labute approximate surface area is 241 Å². The number of sulfonamides is 2. The van der Waals surface area contributed by atoms with Gasteiger partial charge >= 0.3 is 6.18 Å².